The molecule has 1 saturated heterocycles. The molecule has 0 aliphatic carbocycles. The molecule has 1 aromatic heterocycles. The van der Waals surface area contributed by atoms with E-state index in [-0.39, 0.29) is 36.5 Å². The van der Waals surface area contributed by atoms with Crippen LogP contribution in [-0.4, -0.2) is 77.0 Å². The number of rotatable bonds is 4. The van der Waals surface area contributed by atoms with Crippen LogP contribution in [0.4, 0.5) is 5.95 Å². The molecule has 0 saturated carbocycles. The summed E-state index contributed by atoms with van der Waals surface area (Å²) in [6.45, 7) is 4.53. The molecule has 11 heteroatoms. The number of carbonyl (C=O) groups excluding carboxylic acids is 2. The zero-order valence-corrected chi connectivity index (χ0v) is 22.7. The minimum Gasteiger partial charge on any atom is -0.494 e. The van der Waals surface area contributed by atoms with Crippen LogP contribution in [0, 0.1) is 0 Å². The predicted octanol–water partition coefficient (Wildman–Crippen LogP) is 2.61. The van der Waals surface area contributed by atoms with Gasteiger partial charge in [0, 0.05) is 56.3 Å². The summed E-state index contributed by atoms with van der Waals surface area (Å²) in [4.78, 5) is 38.3. The fourth-order valence-corrected chi connectivity index (χ4v) is 4.99. The normalized spacial score (nSPS) is 20.3. The van der Waals surface area contributed by atoms with Gasteiger partial charge in [-0.25, -0.2) is 9.97 Å². The van der Waals surface area contributed by atoms with Gasteiger partial charge in [0.1, 0.15) is 17.2 Å². The smallest absolute Gasteiger partial charge is 0.254 e. The molecule has 0 radical (unpaired) electrons. The Kier molecular flexibility index (Phi) is 8.42. The maximum absolute atomic E-state index is 13.3. The third-order valence-electron chi connectivity index (χ3n) is 6.88. The number of nitrogens with one attached hydrogen (secondary N) is 1. The molecule has 4 bridgehead atoms. The lowest BCUT2D eigenvalue weighted by atomic mass is 10.0. The maximum Gasteiger partial charge on any atom is 0.254 e. The Morgan fingerprint density at radius 1 is 1.12 bits per heavy atom. The van der Waals surface area contributed by atoms with E-state index >= 15 is 0 Å². The first kappa shape index (κ1) is 27.4. The van der Waals surface area contributed by atoms with Crippen molar-refractivity contribution in [3.63, 3.8) is 0 Å². The summed E-state index contributed by atoms with van der Waals surface area (Å²) in [6.07, 6.45) is 3.94. The Morgan fingerprint density at radius 2 is 1.95 bits per heavy atom. The first-order valence-corrected chi connectivity index (χ1v) is 13.4. The fraction of sp³-hybridized carbons (Fsp3) is 0.379. The molecule has 0 unspecified atom stereocenters. The number of hydrogen-bond acceptors (Lipinski definition) is 9. The molecule has 3 N–H and O–H groups in total. The van der Waals surface area contributed by atoms with Crippen molar-refractivity contribution in [2.75, 3.05) is 39.0 Å². The van der Waals surface area contributed by atoms with Gasteiger partial charge in [0.05, 0.1) is 31.9 Å². The highest BCUT2D eigenvalue weighted by atomic mass is 16.5. The molecular formula is C29H34N6O5. The van der Waals surface area contributed by atoms with Crippen molar-refractivity contribution in [1.29, 1.82) is 0 Å². The fourth-order valence-electron chi connectivity index (χ4n) is 4.99. The van der Waals surface area contributed by atoms with Crippen LogP contribution in [0.1, 0.15) is 34.8 Å². The second-order valence-corrected chi connectivity index (χ2v) is 10.0. The highest BCUT2D eigenvalue weighted by Gasteiger charge is 2.32. The zero-order valence-electron chi connectivity index (χ0n) is 22.7. The zero-order chi connectivity index (χ0) is 28.1. The molecule has 3 aromatic rings. The number of amides is 2. The summed E-state index contributed by atoms with van der Waals surface area (Å²) in [5.74, 6) is 1.26. The number of likely N-dealkylation sites (tertiary alicyclic amines) is 1. The van der Waals surface area contributed by atoms with Gasteiger partial charge in [0.2, 0.25) is 11.9 Å². The van der Waals surface area contributed by atoms with E-state index in [9.17, 15) is 9.59 Å². The Hall–Kier alpha value is -4.22. The maximum atomic E-state index is 13.3. The first-order valence-electron chi connectivity index (χ1n) is 13.4. The van der Waals surface area contributed by atoms with Crippen LogP contribution in [0.5, 0.6) is 17.2 Å². The third kappa shape index (κ3) is 6.85. The number of likely N-dealkylation sites (N-methyl/N-ethyl adjacent to an activating group) is 1. The molecule has 5 rings (SSSR count). The van der Waals surface area contributed by atoms with Crippen LogP contribution in [0.25, 0.3) is 0 Å². The van der Waals surface area contributed by atoms with Crippen LogP contribution in [0.3, 0.4) is 0 Å². The van der Waals surface area contributed by atoms with Crippen LogP contribution in [0.15, 0.2) is 54.9 Å². The largest absolute Gasteiger partial charge is 0.494 e. The molecule has 11 nitrogen and oxygen atoms in total. The molecule has 2 amide bonds. The molecular weight excluding hydrogens is 512 g/mol. The van der Waals surface area contributed by atoms with E-state index in [0.717, 1.165) is 24.1 Å². The summed E-state index contributed by atoms with van der Waals surface area (Å²) in [6, 6.07) is 12.4. The van der Waals surface area contributed by atoms with Gasteiger partial charge in [-0.05, 0) is 43.2 Å². The minimum absolute atomic E-state index is 0.109. The number of nitrogen functional groups attached to an aromatic ring is 1. The molecule has 2 aromatic carbocycles. The summed E-state index contributed by atoms with van der Waals surface area (Å²) in [5, 5.41) is 3.12. The number of piperidine rings is 1. The SMILES string of the molecule is CCOc1cc2cc(c1)C(=O)N(C)CC(=O)N[C@H]1CN(Cc3cnc(N)nc3)CC[C@H]1OCc1cccc(c1)O2. The molecule has 40 heavy (non-hydrogen) atoms. The molecule has 210 valence electrons. The van der Waals surface area contributed by atoms with Crippen molar-refractivity contribution in [1.82, 2.24) is 25.1 Å². The number of nitrogens with zero attached hydrogens (tertiary/aromatic N) is 4. The number of benzene rings is 2. The second-order valence-electron chi connectivity index (χ2n) is 10.0. The number of carbonyl (C=O) groups is 2. The quantitative estimate of drug-likeness (QED) is 0.507. The van der Waals surface area contributed by atoms with E-state index in [2.05, 4.69) is 20.2 Å². The second kappa shape index (κ2) is 12.3. The number of anilines is 1. The summed E-state index contributed by atoms with van der Waals surface area (Å²) in [7, 11) is 1.60. The number of hydrogen-bond donors (Lipinski definition) is 2. The number of ether oxygens (including phenoxy) is 3. The van der Waals surface area contributed by atoms with E-state index in [1.807, 2.05) is 31.2 Å². The van der Waals surface area contributed by atoms with Gasteiger partial charge in [0.25, 0.3) is 5.91 Å². The molecule has 1 fully saturated rings. The van der Waals surface area contributed by atoms with Crippen molar-refractivity contribution < 1.29 is 23.8 Å². The highest BCUT2D eigenvalue weighted by Crippen LogP contribution is 2.29. The lowest BCUT2D eigenvalue weighted by molar-refractivity contribution is -0.125. The minimum atomic E-state index is -0.316. The van der Waals surface area contributed by atoms with E-state index in [1.54, 1.807) is 37.6 Å². The Morgan fingerprint density at radius 3 is 2.75 bits per heavy atom. The monoisotopic (exact) mass is 546 g/mol. The van der Waals surface area contributed by atoms with Gasteiger partial charge in [0.15, 0.2) is 0 Å². The Balaban J connectivity index is 1.40. The molecule has 2 aliphatic heterocycles. The van der Waals surface area contributed by atoms with Crippen LogP contribution >= 0.6 is 0 Å². The number of aromatic nitrogens is 2. The van der Waals surface area contributed by atoms with E-state index in [1.165, 1.54) is 4.90 Å². The predicted molar refractivity (Wildman–Crippen MR) is 148 cm³/mol. The Bertz CT molecular complexity index is 1350. The first-order chi connectivity index (χ1) is 19.4. The lowest BCUT2D eigenvalue weighted by Crippen LogP contribution is -2.57. The van der Waals surface area contributed by atoms with Gasteiger partial charge >= 0.3 is 0 Å². The lowest BCUT2D eigenvalue weighted by Gasteiger charge is -2.39. The molecule has 0 spiro atoms. The van der Waals surface area contributed by atoms with Crippen LogP contribution < -0.4 is 20.5 Å². The van der Waals surface area contributed by atoms with Crippen molar-refractivity contribution >= 4 is 17.8 Å². The molecule has 2 atom stereocenters. The van der Waals surface area contributed by atoms with Crippen LogP contribution in [0.2, 0.25) is 0 Å². The standard InChI is InChI=1S/C29H34N6O5/c1-3-38-23-10-21-11-24(12-23)40-22-6-4-5-19(9-22)18-39-26-7-8-35(15-20-13-31-29(30)32-14-20)16-25(26)33-27(36)17-34(2)28(21)37/h4-6,9-14,25-26H,3,7-8,15-18H2,1-2H3,(H,33,36)(H2,30,31,32)/t25-,26+/m0/s1. The van der Waals surface area contributed by atoms with Crippen molar-refractivity contribution in [3.05, 3.63) is 71.5 Å². The molecule has 2 aliphatic rings. The van der Waals surface area contributed by atoms with Gasteiger partial charge in [-0.15, -0.1) is 0 Å². The van der Waals surface area contributed by atoms with Gasteiger partial charge in [-0.2, -0.15) is 0 Å². The van der Waals surface area contributed by atoms with Crippen LogP contribution in [-0.2, 0) is 22.7 Å². The topological polar surface area (TPSA) is 132 Å². The highest BCUT2D eigenvalue weighted by molar-refractivity contribution is 5.97. The summed E-state index contributed by atoms with van der Waals surface area (Å²) >= 11 is 0. The third-order valence-corrected chi connectivity index (χ3v) is 6.88. The van der Waals surface area contributed by atoms with Gasteiger partial charge in [-0.3, -0.25) is 14.5 Å². The van der Waals surface area contributed by atoms with Crippen molar-refractivity contribution in [2.45, 2.75) is 38.6 Å². The average Bonchev–Trinajstić information content (AvgIpc) is 2.93. The van der Waals surface area contributed by atoms with Crippen molar-refractivity contribution in [2.24, 2.45) is 0 Å². The van der Waals surface area contributed by atoms with Crippen molar-refractivity contribution in [3.8, 4) is 17.2 Å². The van der Waals surface area contributed by atoms with Gasteiger partial charge < -0.3 is 30.2 Å². The average molecular weight is 547 g/mol. The van der Waals surface area contributed by atoms with E-state index in [0.29, 0.717) is 49.1 Å². The number of fused-ring (bicyclic) bond motifs is 5. The number of nitrogens with two attached hydrogens (primary N) is 1. The summed E-state index contributed by atoms with van der Waals surface area (Å²) < 4.78 is 18.2. The van der Waals surface area contributed by atoms with Gasteiger partial charge in [-0.1, -0.05) is 12.1 Å². The Labute approximate surface area is 233 Å². The summed E-state index contributed by atoms with van der Waals surface area (Å²) in [5.41, 5.74) is 7.87. The molecule has 3 heterocycles. The van der Waals surface area contributed by atoms with E-state index in [4.69, 9.17) is 19.9 Å². The van der Waals surface area contributed by atoms with E-state index < -0.39 is 0 Å².